The summed E-state index contributed by atoms with van der Waals surface area (Å²) >= 11 is 6.16. The molecule has 2 heterocycles. The Morgan fingerprint density at radius 2 is 1.88 bits per heavy atom. The second-order valence-electron chi connectivity index (χ2n) is 6.58. The largest absolute Gasteiger partial charge is 0.495 e. The van der Waals surface area contributed by atoms with Gasteiger partial charge in [0.1, 0.15) is 5.75 Å². The van der Waals surface area contributed by atoms with Crippen LogP contribution in [0.2, 0.25) is 5.02 Å². The molecule has 4 aromatic rings. The van der Waals surface area contributed by atoms with Gasteiger partial charge in [-0.2, -0.15) is 10.1 Å². The van der Waals surface area contributed by atoms with Gasteiger partial charge in [0.25, 0.3) is 11.9 Å². The Bertz CT molecular complexity index is 1260. The van der Waals surface area contributed by atoms with E-state index in [4.69, 9.17) is 35.9 Å². The Kier molecular flexibility index (Phi) is 7.06. The van der Waals surface area contributed by atoms with E-state index in [1.54, 1.807) is 36.2 Å². The Labute approximate surface area is 187 Å². The molecule has 2 aromatic carbocycles. The number of nitrogens with zero attached hydrogens (tertiary/aromatic N) is 4. The van der Waals surface area contributed by atoms with E-state index >= 15 is 0 Å². The van der Waals surface area contributed by atoms with Gasteiger partial charge in [-0.1, -0.05) is 16.8 Å². The van der Waals surface area contributed by atoms with Crippen LogP contribution in [-0.2, 0) is 16.1 Å². The lowest BCUT2D eigenvalue weighted by Gasteiger charge is -2.03. The second-order valence-corrected chi connectivity index (χ2v) is 6.98. The first-order valence-electron chi connectivity index (χ1n) is 9.33. The molecule has 0 aliphatic heterocycles. The fraction of sp³-hybridized carbons (Fsp3) is 0.190. The number of aromatic nitrogens is 4. The normalized spacial score (nSPS) is 10.5. The average Bonchev–Trinajstić information content (AvgIpc) is 3.38. The Morgan fingerprint density at radius 1 is 1.16 bits per heavy atom. The molecule has 0 spiro atoms. The van der Waals surface area contributed by atoms with Gasteiger partial charge in [-0.3, -0.25) is 14.3 Å². The zero-order valence-electron chi connectivity index (χ0n) is 17.1. The van der Waals surface area contributed by atoms with Crippen molar-refractivity contribution in [2.75, 3.05) is 7.11 Å². The molecular weight excluding hydrogens is 440 g/mol. The molecule has 0 saturated heterocycles. The van der Waals surface area contributed by atoms with E-state index in [1.165, 1.54) is 0 Å². The van der Waals surface area contributed by atoms with Crippen molar-refractivity contribution in [1.29, 1.82) is 0 Å². The summed E-state index contributed by atoms with van der Waals surface area (Å²) in [5.74, 6) is -0.354. The van der Waals surface area contributed by atoms with Crippen LogP contribution in [0.25, 0.3) is 33.7 Å². The minimum Gasteiger partial charge on any atom is -0.495 e. The predicted octanol–water partition coefficient (Wildman–Crippen LogP) is 3.98. The predicted molar refractivity (Wildman–Crippen MR) is 116 cm³/mol. The molecule has 2 N–H and O–H groups in total. The first kappa shape index (κ1) is 22.8. The van der Waals surface area contributed by atoms with Gasteiger partial charge in [0.05, 0.1) is 36.8 Å². The first-order valence-corrected chi connectivity index (χ1v) is 9.71. The van der Waals surface area contributed by atoms with E-state index in [0.29, 0.717) is 34.6 Å². The van der Waals surface area contributed by atoms with E-state index in [2.05, 4.69) is 15.2 Å². The van der Waals surface area contributed by atoms with Crippen LogP contribution in [0.3, 0.4) is 0 Å². The summed E-state index contributed by atoms with van der Waals surface area (Å²) in [5.41, 5.74) is 2.29. The summed E-state index contributed by atoms with van der Waals surface area (Å²) in [6.07, 6.45) is 1.70. The lowest BCUT2D eigenvalue weighted by Crippen LogP contribution is -2.05. The molecule has 0 aliphatic carbocycles. The third-order valence-corrected chi connectivity index (χ3v) is 4.56. The van der Waals surface area contributed by atoms with Crippen molar-refractivity contribution < 1.29 is 29.1 Å². The van der Waals surface area contributed by atoms with Crippen LogP contribution in [0.5, 0.6) is 5.75 Å². The fourth-order valence-corrected chi connectivity index (χ4v) is 3.12. The fourth-order valence-electron chi connectivity index (χ4n) is 2.86. The standard InChI is InChI=1S/C19H15ClN4O4.C2H4O2/c1-27-16-5-3-12(9-14(16)20)19-22-18(23-28-19)11-2-4-15-13(8-11)10-21-24(15)7-6-17(25)26;1-2(3)4/h2-5,8-10H,6-7H2,1H3,(H,25,26);1H3,(H,3,4). The number of carboxylic acid groups (broad SMARTS) is 2. The third-order valence-electron chi connectivity index (χ3n) is 4.26. The lowest BCUT2D eigenvalue weighted by molar-refractivity contribution is -0.137. The second kappa shape index (κ2) is 9.92. The summed E-state index contributed by atoms with van der Waals surface area (Å²) in [5, 5.41) is 25.9. The number of fused-ring (bicyclic) bond motifs is 1. The molecule has 4 rings (SSSR count). The highest BCUT2D eigenvalue weighted by atomic mass is 35.5. The number of aryl methyl sites for hydroxylation is 1. The molecule has 11 heteroatoms. The number of methoxy groups -OCH3 is 1. The first-order chi connectivity index (χ1) is 15.3. The number of carboxylic acids is 2. The van der Waals surface area contributed by atoms with Gasteiger partial charge < -0.3 is 19.5 Å². The van der Waals surface area contributed by atoms with Gasteiger partial charge in [-0.25, -0.2) is 0 Å². The van der Waals surface area contributed by atoms with Crippen molar-refractivity contribution in [3.8, 4) is 28.6 Å². The minimum absolute atomic E-state index is 0.0111. The monoisotopic (exact) mass is 458 g/mol. The van der Waals surface area contributed by atoms with Gasteiger partial charge in [-0.05, 0) is 36.4 Å². The number of hydrogen-bond donors (Lipinski definition) is 2. The quantitative estimate of drug-likeness (QED) is 0.438. The van der Waals surface area contributed by atoms with Crippen molar-refractivity contribution >= 4 is 34.4 Å². The molecule has 166 valence electrons. The van der Waals surface area contributed by atoms with Crippen molar-refractivity contribution in [2.24, 2.45) is 0 Å². The van der Waals surface area contributed by atoms with Crippen molar-refractivity contribution in [2.45, 2.75) is 19.9 Å². The molecule has 32 heavy (non-hydrogen) atoms. The van der Waals surface area contributed by atoms with Crippen LogP contribution in [-0.4, -0.2) is 49.2 Å². The van der Waals surface area contributed by atoms with E-state index in [1.807, 2.05) is 18.2 Å². The number of halogens is 1. The average molecular weight is 459 g/mol. The van der Waals surface area contributed by atoms with Gasteiger partial charge >= 0.3 is 5.97 Å². The number of hydrogen-bond acceptors (Lipinski definition) is 7. The van der Waals surface area contributed by atoms with Gasteiger partial charge in [0.2, 0.25) is 5.82 Å². The number of rotatable bonds is 6. The van der Waals surface area contributed by atoms with Crippen LogP contribution >= 0.6 is 11.6 Å². The summed E-state index contributed by atoms with van der Waals surface area (Å²) in [7, 11) is 1.55. The van der Waals surface area contributed by atoms with Gasteiger partial charge in [-0.15, -0.1) is 0 Å². The molecule has 0 fully saturated rings. The smallest absolute Gasteiger partial charge is 0.305 e. The lowest BCUT2D eigenvalue weighted by atomic mass is 10.1. The van der Waals surface area contributed by atoms with E-state index in [0.717, 1.165) is 23.4 Å². The maximum Gasteiger partial charge on any atom is 0.305 e. The Balaban J connectivity index is 0.000000668. The summed E-state index contributed by atoms with van der Waals surface area (Å²) < 4.78 is 12.2. The van der Waals surface area contributed by atoms with Crippen molar-refractivity contribution in [1.82, 2.24) is 19.9 Å². The van der Waals surface area contributed by atoms with Crippen LogP contribution in [0.4, 0.5) is 0 Å². The number of ether oxygens (including phenoxy) is 1. The minimum atomic E-state index is -0.863. The number of aliphatic carboxylic acids is 2. The van der Waals surface area contributed by atoms with Crippen LogP contribution in [0, 0.1) is 0 Å². The molecule has 0 saturated carbocycles. The highest BCUT2D eigenvalue weighted by Gasteiger charge is 2.14. The number of carbonyl (C=O) groups is 2. The van der Waals surface area contributed by atoms with Gasteiger partial charge in [0.15, 0.2) is 0 Å². The van der Waals surface area contributed by atoms with Crippen LogP contribution in [0.15, 0.2) is 47.1 Å². The SMILES string of the molecule is CC(=O)O.COc1ccc(-c2nc(-c3ccc4c(cnn4CCC(=O)O)c3)no2)cc1Cl. The topological polar surface area (TPSA) is 141 Å². The summed E-state index contributed by atoms with van der Waals surface area (Å²) in [4.78, 5) is 24.2. The van der Waals surface area contributed by atoms with Gasteiger partial charge in [0, 0.05) is 23.4 Å². The third kappa shape index (κ3) is 5.41. The molecule has 0 bridgehead atoms. The van der Waals surface area contributed by atoms with Crippen LogP contribution in [0.1, 0.15) is 13.3 Å². The zero-order valence-corrected chi connectivity index (χ0v) is 17.9. The van der Waals surface area contributed by atoms with E-state index in [9.17, 15) is 4.79 Å². The molecule has 0 unspecified atom stereocenters. The van der Waals surface area contributed by atoms with Crippen molar-refractivity contribution in [3.05, 3.63) is 47.6 Å². The zero-order chi connectivity index (χ0) is 23.3. The Morgan fingerprint density at radius 3 is 2.53 bits per heavy atom. The molecule has 10 nitrogen and oxygen atoms in total. The molecule has 0 radical (unpaired) electrons. The maximum absolute atomic E-state index is 10.8. The molecular formula is C21H19ClN4O6. The van der Waals surface area contributed by atoms with E-state index in [-0.39, 0.29) is 6.42 Å². The highest BCUT2D eigenvalue weighted by molar-refractivity contribution is 6.32. The Hall–Kier alpha value is -3.92. The summed E-state index contributed by atoms with van der Waals surface area (Å²) in [6, 6.07) is 10.8. The molecule has 0 amide bonds. The molecule has 2 aromatic heterocycles. The summed E-state index contributed by atoms with van der Waals surface area (Å²) in [6.45, 7) is 1.39. The van der Waals surface area contributed by atoms with Crippen molar-refractivity contribution in [3.63, 3.8) is 0 Å². The van der Waals surface area contributed by atoms with Crippen LogP contribution < -0.4 is 4.74 Å². The molecule has 0 aliphatic rings. The molecule has 0 atom stereocenters. The highest BCUT2D eigenvalue weighted by Crippen LogP contribution is 2.31. The maximum atomic E-state index is 10.8. The van der Waals surface area contributed by atoms with E-state index < -0.39 is 11.9 Å². The number of benzene rings is 2.